The summed E-state index contributed by atoms with van der Waals surface area (Å²) in [5, 5.41) is 2.85. The van der Waals surface area contributed by atoms with E-state index in [4.69, 9.17) is 10.6 Å². The lowest BCUT2D eigenvalue weighted by molar-refractivity contribution is 0.0872. The molecule has 5 heteroatoms. The Bertz CT molecular complexity index is 351. The molecule has 0 aliphatic heterocycles. The smallest absolute Gasteiger partial charge is 0.251 e. The molecule has 0 aliphatic rings. The third-order valence-corrected chi connectivity index (χ3v) is 2.26. The normalized spacial score (nSPS) is 11.9. The van der Waals surface area contributed by atoms with Gasteiger partial charge in [-0.1, -0.05) is 0 Å². The van der Waals surface area contributed by atoms with E-state index in [9.17, 15) is 4.79 Å². The second-order valence-corrected chi connectivity index (χ2v) is 3.76. The molecule has 1 atom stereocenters. The van der Waals surface area contributed by atoms with Crippen molar-refractivity contribution >= 4 is 11.6 Å². The van der Waals surface area contributed by atoms with E-state index in [0.29, 0.717) is 18.8 Å². The molecule has 1 unspecified atom stereocenters. The van der Waals surface area contributed by atoms with E-state index in [2.05, 4.69) is 10.7 Å². The average Bonchev–Trinajstić information content (AvgIpc) is 2.36. The van der Waals surface area contributed by atoms with Crippen LogP contribution in [0.25, 0.3) is 0 Å². The zero-order valence-corrected chi connectivity index (χ0v) is 10.2. The molecule has 0 heterocycles. The van der Waals surface area contributed by atoms with Gasteiger partial charge in [0.25, 0.3) is 5.91 Å². The first kappa shape index (κ1) is 13.5. The molecule has 5 nitrogen and oxygen atoms in total. The van der Waals surface area contributed by atoms with Crippen LogP contribution in [0, 0.1) is 0 Å². The van der Waals surface area contributed by atoms with Gasteiger partial charge in [0.15, 0.2) is 0 Å². The van der Waals surface area contributed by atoms with Gasteiger partial charge in [0, 0.05) is 23.9 Å². The van der Waals surface area contributed by atoms with E-state index in [1.165, 1.54) is 0 Å². The van der Waals surface area contributed by atoms with Gasteiger partial charge in [-0.2, -0.15) is 0 Å². The molecular formula is C12H19N3O2. The Morgan fingerprint density at radius 3 is 2.59 bits per heavy atom. The minimum absolute atomic E-state index is 0.00485. The maximum absolute atomic E-state index is 11.8. The van der Waals surface area contributed by atoms with Crippen molar-refractivity contribution in [3.63, 3.8) is 0 Å². The predicted molar refractivity (Wildman–Crippen MR) is 67.7 cm³/mol. The molecule has 0 bridgehead atoms. The number of hydrogen-bond acceptors (Lipinski definition) is 4. The summed E-state index contributed by atoms with van der Waals surface area (Å²) in [4.78, 5) is 11.8. The van der Waals surface area contributed by atoms with Crippen molar-refractivity contribution in [2.75, 3.05) is 18.6 Å². The number of nitrogens with one attached hydrogen (secondary N) is 2. The number of carbonyl (C=O) groups excluding carboxylic acids is 1. The summed E-state index contributed by atoms with van der Waals surface area (Å²) in [7, 11) is 0. The molecule has 4 N–H and O–H groups in total. The van der Waals surface area contributed by atoms with Gasteiger partial charge in [0.1, 0.15) is 0 Å². The van der Waals surface area contributed by atoms with Crippen LogP contribution in [0.15, 0.2) is 24.3 Å². The molecular weight excluding hydrogens is 218 g/mol. The number of benzene rings is 1. The maximum atomic E-state index is 11.8. The molecule has 0 aliphatic carbocycles. The van der Waals surface area contributed by atoms with E-state index in [-0.39, 0.29) is 11.9 Å². The van der Waals surface area contributed by atoms with Crippen molar-refractivity contribution in [2.45, 2.75) is 19.9 Å². The van der Waals surface area contributed by atoms with Gasteiger partial charge in [-0.15, -0.1) is 0 Å². The molecule has 0 aromatic heterocycles. The molecule has 1 amide bonds. The van der Waals surface area contributed by atoms with E-state index < -0.39 is 0 Å². The zero-order valence-electron chi connectivity index (χ0n) is 10.2. The van der Waals surface area contributed by atoms with Gasteiger partial charge in [-0.25, -0.2) is 0 Å². The minimum Gasteiger partial charge on any atom is -0.380 e. The molecule has 1 aromatic rings. The van der Waals surface area contributed by atoms with Crippen LogP contribution in [-0.4, -0.2) is 25.2 Å². The van der Waals surface area contributed by atoms with Gasteiger partial charge < -0.3 is 15.5 Å². The van der Waals surface area contributed by atoms with Crippen LogP contribution in [0.4, 0.5) is 5.69 Å². The maximum Gasteiger partial charge on any atom is 0.251 e. The fraction of sp³-hybridized carbons (Fsp3) is 0.417. The van der Waals surface area contributed by atoms with Crippen molar-refractivity contribution in [1.29, 1.82) is 0 Å². The summed E-state index contributed by atoms with van der Waals surface area (Å²) in [6.07, 6.45) is 0. The number of carbonyl (C=O) groups is 1. The van der Waals surface area contributed by atoms with E-state index in [0.717, 1.165) is 5.69 Å². The molecule has 0 fully saturated rings. The monoisotopic (exact) mass is 237 g/mol. The number of amides is 1. The Morgan fingerprint density at radius 2 is 2.06 bits per heavy atom. The summed E-state index contributed by atoms with van der Waals surface area (Å²) in [6, 6.07) is 6.94. The Labute approximate surface area is 101 Å². The summed E-state index contributed by atoms with van der Waals surface area (Å²) in [5.41, 5.74) is 3.88. The van der Waals surface area contributed by atoms with E-state index in [1.807, 2.05) is 13.8 Å². The molecule has 17 heavy (non-hydrogen) atoms. The van der Waals surface area contributed by atoms with Gasteiger partial charge in [0.2, 0.25) is 0 Å². The summed E-state index contributed by atoms with van der Waals surface area (Å²) in [6.45, 7) is 5.00. The van der Waals surface area contributed by atoms with Crippen LogP contribution in [0.1, 0.15) is 24.2 Å². The second-order valence-electron chi connectivity index (χ2n) is 3.76. The Morgan fingerprint density at radius 1 is 1.41 bits per heavy atom. The Balaban J connectivity index is 2.51. The van der Waals surface area contributed by atoms with Crippen LogP contribution in [0.3, 0.4) is 0 Å². The first-order chi connectivity index (χ1) is 8.17. The molecule has 94 valence electrons. The lowest BCUT2D eigenvalue weighted by atomic mass is 10.2. The van der Waals surface area contributed by atoms with Gasteiger partial charge in [-0.05, 0) is 38.1 Å². The second kappa shape index (κ2) is 6.88. The first-order valence-corrected chi connectivity index (χ1v) is 5.62. The van der Waals surface area contributed by atoms with Crippen LogP contribution in [0.5, 0.6) is 0 Å². The molecule has 1 rings (SSSR count). The number of nitrogens with two attached hydrogens (primary N) is 1. The Kier molecular flexibility index (Phi) is 5.45. The third kappa shape index (κ3) is 4.42. The van der Waals surface area contributed by atoms with Crippen LogP contribution in [-0.2, 0) is 4.74 Å². The average molecular weight is 237 g/mol. The number of hydrogen-bond donors (Lipinski definition) is 3. The first-order valence-electron chi connectivity index (χ1n) is 5.62. The molecule has 1 aromatic carbocycles. The van der Waals surface area contributed by atoms with Crippen LogP contribution < -0.4 is 16.6 Å². The number of nitrogen functional groups attached to an aromatic ring is 1. The summed E-state index contributed by atoms with van der Waals surface area (Å²) in [5.74, 6) is 5.13. The standard InChI is InChI=1S/C12H19N3O2/c1-3-17-8-9(2)14-12(16)10-4-6-11(15-13)7-5-10/h4-7,9,15H,3,8,13H2,1-2H3,(H,14,16). The summed E-state index contributed by atoms with van der Waals surface area (Å²) >= 11 is 0. The fourth-order valence-electron chi connectivity index (χ4n) is 1.36. The number of ether oxygens (including phenoxy) is 1. The number of anilines is 1. The van der Waals surface area contributed by atoms with E-state index >= 15 is 0 Å². The fourth-order valence-corrected chi connectivity index (χ4v) is 1.36. The lowest BCUT2D eigenvalue weighted by Crippen LogP contribution is -2.35. The highest BCUT2D eigenvalue weighted by Gasteiger charge is 2.09. The Hall–Kier alpha value is -1.59. The highest BCUT2D eigenvalue weighted by Crippen LogP contribution is 2.07. The minimum atomic E-state index is -0.110. The van der Waals surface area contributed by atoms with Crippen LogP contribution >= 0.6 is 0 Å². The van der Waals surface area contributed by atoms with Gasteiger partial charge in [-0.3, -0.25) is 10.6 Å². The third-order valence-electron chi connectivity index (χ3n) is 2.26. The topological polar surface area (TPSA) is 76.4 Å². The molecule has 0 radical (unpaired) electrons. The molecule has 0 spiro atoms. The molecule has 0 saturated carbocycles. The van der Waals surface area contributed by atoms with Crippen molar-refractivity contribution in [1.82, 2.24) is 5.32 Å². The number of rotatable bonds is 6. The lowest BCUT2D eigenvalue weighted by Gasteiger charge is -2.13. The predicted octanol–water partition coefficient (Wildman–Crippen LogP) is 1.13. The highest BCUT2D eigenvalue weighted by atomic mass is 16.5. The number of hydrazine groups is 1. The largest absolute Gasteiger partial charge is 0.380 e. The summed E-state index contributed by atoms with van der Waals surface area (Å²) < 4.78 is 5.23. The quantitative estimate of drug-likeness (QED) is 0.512. The van der Waals surface area contributed by atoms with Crippen molar-refractivity contribution in [3.05, 3.63) is 29.8 Å². The molecule has 0 saturated heterocycles. The zero-order chi connectivity index (χ0) is 12.7. The van der Waals surface area contributed by atoms with Gasteiger partial charge >= 0.3 is 0 Å². The van der Waals surface area contributed by atoms with Crippen molar-refractivity contribution < 1.29 is 9.53 Å². The van der Waals surface area contributed by atoms with Gasteiger partial charge in [0.05, 0.1) is 6.61 Å². The van der Waals surface area contributed by atoms with Crippen molar-refractivity contribution in [2.24, 2.45) is 5.84 Å². The highest BCUT2D eigenvalue weighted by molar-refractivity contribution is 5.94. The SMILES string of the molecule is CCOCC(C)NC(=O)c1ccc(NN)cc1. The van der Waals surface area contributed by atoms with Crippen LogP contribution in [0.2, 0.25) is 0 Å². The van der Waals surface area contributed by atoms with Crippen molar-refractivity contribution in [3.8, 4) is 0 Å². The van der Waals surface area contributed by atoms with E-state index in [1.54, 1.807) is 24.3 Å².